The molecule has 0 spiro atoms. The topological polar surface area (TPSA) is 67.1 Å². The highest BCUT2D eigenvalue weighted by Gasteiger charge is 2.10. The fraction of sp³-hybridized carbons (Fsp3) is 0.348. The summed E-state index contributed by atoms with van der Waals surface area (Å²) in [5, 5.41) is 15.2. The van der Waals surface area contributed by atoms with Gasteiger partial charge in [0.2, 0.25) is 0 Å². The van der Waals surface area contributed by atoms with Crippen LogP contribution < -0.4 is 10.6 Å². The Morgan fingerprint density at radius 3 is 2.62 bits per heavy atom. The van der Waals surface area contributed by atoms with E-state index in [-0.39, 0.29) is 6.04 Å². The summed E-state index contributed by atoms with van der Waals surface area (Å²) in [7, 11) is 0. The number of benzene rings is 2. The molecular weight excluding hydrogens is 360 g/mol. The van der Waals surface area contributed by atoms with Crippen LogP contribution in [0, 0.1) is 6.92 Å². The highest BCUT2D eigenvalue weighted by molar-refractivity contribution is 5.80. The van der Waals surface area contributed by atoms with Crippen LogP contribution in [0.25, 0.3) is 0 Å². The number of aliphatic imine (C=N–C) groups is 1. The summed E-state index contributed by atoms with van der Waals surface area (Å²) < 4.78 is 2.08. The minimum absolute atomic E-state index is 0.152. The lowest BCUT2D eigenvalue weighted by Gasteiger charge is -2.20. The zero-order chi connectivity index (χ0) is 20.5. The van der Waals surface area contributed by atoms with Gasteiger partial charge < -0.3 is 15.2 Å². The molecule has 1 heterocycles. The van der Waals surface area contributed by atoms with E-state index < -0.39 is 0 Å². The average Bonchev–Trinajstić information content (AvgIpc) is 3.20. The molecule has 0 amide bonds. The first-order valence-corrected chi connectivity index (χ1v) is 10.2. The highest BCUT2D eigenvalue weighted by Crippen LogP contribution is 2.16. The number of hydrogen-bond donors (Lipinski definition) is 2. The Labute approximate surface area is 173 Å². The molecule has 0 aliphatic carbocycles. The van der Waals surface area contributed by atoms with Gasteiger partial charge >= 0.3 is 0 Å². The van der Waals surface area contributed by atoms with Crippen LogP contribution in [0.3, 0.4) is 0 Å². The zero-order valence-corrected chi connectivity index (χ0v) is 17.5. The van der Waals surface area contributed by atoms with Crippen LogP contribution in [0.5, 0.6) is 0 Å². The third-order valence-corrected chi connectivity index (χ3v) is 4.93. The normalized spacial score (nSPS) is 12.6. The SMILES string of the molecule is CCc1nncn1CCNC(=NCc1ccccc1)NC(C)c1ccccc1C. The Kier molecular flexibility index (Phi) is 7.39. The minimum Gasteiger partial charge on any atom is -0.355 e. The Morgan fingerprint density at radius 2 is 1.86 bits per heavy atom. The van der Waals surface area contributed by atoms with Crippen molar-refractivity contribution in [1.82, 2.24) is 25.4 Å². The van der Waals surface area contributed by atoms with E-state index in [0.717, 1.165) is 31.3 Å². The van der Waals surface area contributed by atoms with E-state index >= 15 is 0 Å². The molecular formula is C23H30N6. The maximum atomic E-state index is 4.80. The van der Waals surface area contributed by atoms with Crippen molar-refractivity contribution < 1.29 is 0 Å². The van der Waals surface area contributed by atoms with Gasteiger partial charge in [0.15, 0.2) is 5.96 Å². The first-order chi connectivity index (χ1) is 14.2. The Bertz CT molecular complexity index is 916. The number of hydrogen-bond acceptors (Lipinski definition) is 3. The van der Waals surface area contributed by atoms with Gasteiger partial charge in [0, 0.05) is 19.5 Å². The molecule has 0 bridgehead atoms. The monoisotopic (exact) mass is 390 g/mol. The van der Waals surface area contributed by atoms with Crippen LogP contribution in [0.15, 0.2) is 65.9 Å². The number of rotatable bonds is 8. The third kappa shape index (κ3) is 5.91. The summed E-state index contributed by atoms with van der Waals surface area (Å²) >= 11 is 0. The molecule has 0 aliphatic rings. The molecule has 2 N–H and O–H groups in total. The van der Waals surface area contributed by atoms with E-state index in [1.165, 1.54) is 16.7 Å². The molecule has 0 radical (unpaired) electrons. The van der Waals surface area contributed by atoms with Gasteiger partial charge in [-0.25, -0.2) is 4.99 Å². The Hall–Kier alpha value is -3.15. The molecule has 1 unspecified atom stereocenters. The average molecular weight is 391 g/mol. The van der Waals surface area contributed by atoms with Crippen LogP contribution >= 0.6 is 0 Å². The van der Waals surface area contributed by atoms with Crippen molar-refractivity contribution >= 4 is 5.96 Å². The lowest BCUT2D eigenvalue weighted by molar-refractivity contribution is 0.618. The van der Waals surface area contributed by atoms with Crippen molar-refractivity contribution in [1.29, 1.82) is 0 Å². The minimum atomic E-state index is 0.152. The number of nitrogens with zero attached hydrogens (tertiary/aromatic N) is 4. The standard InChI is InChI=1S/C23H30N6/c1-4-22-28-26-17-29(22)15-14-24-23(25-16-20-11-6-5-7-12-20)27-19(3)21-13-9-8-10-18(21)2/h5-13,17,19H,4,14-16H2,1-3H3,(H2,24,25,27). The molecule has 3 rings (SSSR count). The van der Waals surface area contributed by atoms with Crippen LogP contribution in [-0.4, -0.2) is 27.3 Å². The van der Waals surface area contributed by atoms with Crippen LogP contribution in [0.2, 0.25) is 0 Å². The van der Waals surface area contributed by atoms with Crippen molar-refractivity contribution in [2.24, 2.45) is 4.99 Å². The quantitative estimate of drug-likeness (QED) is 0.455. The summed E-state index contributed by atoms with van der Waals surface area (Å²) in [6, 6.07) is 18.9. The molecule has 1 aromatic heterocycles. The zero-order valence-electron chi connectivity index (χ0n) is 17.5. The molecule has 29 heavy (non-hydrogen) atoms. The van der Waals surface area contributed by atoms with E-state index in [1.54, 1.807) is 6.33 Å². The third-order valence-electron chi connectivity index (χ3n) is 4.93. The lowest BCUT2D eigenvalue weighted by Crippen LogP contribution is -2.40. The van der Waals surface area contributed by atoms with Gasteiger partial charge in [0.05, 0.1) is 12.6 Å². The van der Waals surface area contributed by atoms with E-state index in [9.17, 15) is 0 Å². The van der Waals surface area contributed by atoms with Crippen LogP contribution in [0.4, 0.5) is 0 Å². The van der Waals surface area contributed by atoms with Crippen LogP contribution in [0.1, 0.15) is 42.4 Å². The fourth-order valence-electron chi connectivity index (χ4n) is 3.30. The second-order valence-corrected chi connectivity index (χ2v) is 7.09. The van der Waals surface area contributed by atoms with Gasteiger partial charge in [-0.15, -0.1) is 10.2 Å². The fourth-order valence-corrected chi connectivity index (χ4v) is 3.30. The summed E-state index contributed by atoms with van der Waals surface area (Å²) in [6.07, 6.45) is 2.65. The molecule has 152 valence electrons. The van der Waals surface area contributed by atoms with Gasteiger partial charge in [-0.05, 0) is 30.5 Å². The maximum Gasteiger partial charge on any atom is 0.192 e. The van der Waals surface area contributed by atoms with Crippen molar-refractivity contribution in [2.45, 2.75) is 46.3 Å². The molecule has 6 nitrogen and oxygen atoms in total. The first kappa shape index (κ1) is 20.6. The van der Waals surface area contributed by atoms with E-state index in [2.05, 4.69) is 82.6 Å². The van der Waals surface area contributed by atoms with Gasteiger partial charge in [-0.3, -0.25) is 0 Å². The van der Waals surface area contributed by atoms with Gasteiger partial charge in [-0.1, -0.05) is 61.5 Å². The van der Waals surface area contributed by atoms with Crippen molar-refractivity contribution in [3.05, 3.63) is 83.4 Å². The predicted molar refractivity (Wildman–Crippen MR) is 118 cm³/mol. The van der Waals surface area contributed by atoms with Gasteiger partial charge in [0.1, 0.15) is 12.2 Å². The van der Waals surface area contributed by atoms with E-state index in [4.69, 9.17) is 4.99 Å². The highest BCUT2D eigenvalue weighted by atomic mass is 15.3. The number of aromatic nitrogens is 3. The smallest absolute Gasteiger partial charge is 0.192 e. The largest absolute Gasteiger partial charge is 0.355 e. The lowest BCUT2D eigenvalue weighted by atomic mass is 10.0. The van der Waals surface area contributed by atoms with E-state index in [0.29, 0.717) is 6.54 Å². The number of aryl methyl sites for hydroxylation is 2. The molecule has 2 aromatic carbocycles. The van der Waals surface area contributed by atoms with Crippen molar-refractivity contribution in [3.8, 4) is 0 Å². The Morgan fingerprint density at radius 1 is 1.10 bits per heavy atom. The van der Waals surface area contributed by atoms with E-state index in [1.807, 2.05) is 18.2 Å². The summed E-state index contributed by atoms with van der Waals surface area (Å²) in [5.74, 6) is 1.80. The van der Waals surface area contributed by atoms with Gasteiger partial charge in [0.25, 0.3) is 0 Å². The Balaban J connectivity index is 1.68. The molecule has 3 aromatic rings. The van der Waals surface area contributed by atoms with Gasteiger partial charge in [-0.2, -0.15) is 0 Å². The second-order valence-electron chi connectivity index (χ2n) is 7.09. The molecule has 6 heteroatoms. The molecule has 1 atom stereocenters. The second kappa shape index (κ2) is 10.4. The number of nitrogens with one attached hydrogen (secondary N) is 2. The summed E-state index contributed by atoms with van der Waals surface area (Å²) in [6.45, 7) is 8.56. The van der Waals surface area contributed by atoms with Crippen molar-refractivity contribution in [2.75, 3.05) is 6.54 Å². The first-order valence-electron chi connectivity index (χ1n) is 10.2. The molecule has 0 saturated carbocycles. The molecule has 0 saturated heterocycles. The molecule has 0 fully saturated rings. The number of guanidine groups is 1. The summed E-state index contributed by atoms with van der Waals surface area (Å²) in [4.78, 5) is 4.80. The maximum absolute atomic E-state index is 4.80. The van der Waals surface area contributed by atoms with Crippen molar-refractivity contribution in [3.63, 3.8) is 0 Å². The summed E-state index contributed by atoms with van der Waals surface area (Å²) in [5.41, 5.74) is 3.73. The van der Waals surface area contributed by atoms with Crippen LogP contribution in [-0.2, 0) is 19.5 Å². The predicted octanol–water partition coefficient (Wildman–Crippen LogP) is 3.65. The molecule has 0 aliphatic heterocycles.